The van der Waals surface area contributed by atoms with Crippen molar-refractivity contribution in [3.63, 3.8) is 0 Å². The molecular weight excluding hydrogens is 332 g/mol. The molecule has 0 unspecified atom stereocenters. The first-order valence-electron chi connectivity index (χ1n) is 8.64. The van der Waals surface area contributed by atoms with Crippen LogP contribution in [0.5, 0.6) is 0 Å². The maximum atomic E-state index is 5.26. The van der Waals surface area contributed by atoms with Gasteiger partial charge in [-0.25, -0.2) is 9.98 Å². The van der Waals surface area contributed by atoms with Gasteiger partial charge in [0.05, 0.1) is 23.9 Å². The molecule has 25 heavy (non-hydrogen) atoms. The van der Waals surface area contributed by atoms with Crippen LogP contribution < -0.4 is 10.6 Å². The fourth-order valence-corrected chi connectivity index (χ4v) is 3.38. The van der Waals surface area contributed by atoms with Crippen molar-refractivity contribution in [2.24, 2.45) is 4.99 Å². The minimum atomic E-state index is 0.610. The van der Waals surface area contributed by atoms with Crippen molar-refractivity contribution in [1.82, 2.24) is 15.6 Å². The highest BCUT2D eigenvalue weighted by Gasteiger charge is 2.05. The van der Waals surface area contributed by atoms with Gasteiger partial charge in [0.25, 0.3) is 0 Å². The fourth-order valence-electron chi connectivity index (χ4n) is 2.45. The van der Waals surface area contributed by atoms with Gasteiger partial charge in [0.15, 0.2) is 5.96 Å². The number of nitrogens with zero attached hydrogens (tertiary/aromatic N) is 2. The number of benzene rings is 1. The van der Waals surface area contributed by atoms with Crippen molar-refractivity contribution in [3.8, 4) is 0 Å². The van der Waals surface area contributed by atoms with Crippen LogP contribution >= 0.6 is 11.3 Å². The van der Waals surface area contributed by atoms with E-state index in [4.69, 9.17) is 9.73 Å². The van der Waals surface area contributed by atoms with Gasteiger partial charge in [-0.15, -0.1) is 11.3 Å². The molecule has 1 aromatic carbocycles. The van der Waals surface area contributed by atoms with E-state index >= 15 is 0 Å². The first-order chi connectivity index (χ1) is 12.1. The van der Waals surface area contributed by atoms with E-state index in [0.29, 0.717) is 13.2 Å². The van der Waals surface area contributed by atoms with E-state index < -0.39 is 0 Å². The third kappa shape index (κ3) is 6.14. The predicted molar refractivity (Wildman–Crippen MR) is 105 cm³/mol. The highest BCUT2D eigenvalue weighted by Crippen LogP contribution is 2.16. The summed E-state index contributed by atoms with van der Waals surface area (Å²) in [6.07, 6.45) is 0.907. The maximum absolute atomic E-state index is 5.26. The molecule has 0 aliphatic carbocycles. The first kappa shape index (κ1) is 19.4. The molecule has 0 spiro atoms. The number of nitrogens with one attached hydrogen (secondary N) is 2. The zero-order valence-electron chi connectivity index (χ0n) is 15.6. The molecule has 1 aromatic heterocycles. The third-order valence-corrected chi connectivity index (χ3v) is 5.01. The van der Waals surface area contributed by atoms with Crippen molar-refractivity contribution in [1.29, 1.82) is 0 Å². The number of aryl methyl sites for hydroxylation is 2. The molecule has 0 amide bonds. The summed E-state index contributed by atoms with van der Waals surface area (Å²) in [5.41, 5.74) is 3.50. The van der Waals surface area contributed by atoms with E-state index in [9.17, 15) is 0 Å². The van der Waals surface area contributed by atoms with Gasteiger partial charge >= 0.3 is 0 Å². The van der Waals surface area contributed by atoms with Gasteiger partial charge in [-0.1, -0.05) is 24.3 Å². The summed E-state index contributed by atoms with van der Waals surface area (Å²) in [5.74, 6) is 0.833. The van der Waals surface area contributed by atoms with E-state index in [1.807, 2.05) is 12.1 Å². The van der Waals surface area contributed by atoms with Crippen LogP contribution in [0.25, 0.3) is 0 Å². The number of aromatic nitrogens is 1. The molecular formula is C19H28N4OS. The van der Waals surface area contributed by atoms with Crippen LogP contribution in [-0.2, 0) is 24.3 Å². The predicted octanol–water partition coefficient (Wildman–Crippen LogP) is 3.20. The average molecular weight is 361 g/mol. The molecule has 0 bridgehead atoms. The number of thiazole rings is 1. The molecule has 0 saturated heterocycles. The standard InChI is InChI=1S/C19H28N4OS/c1-5-20-19(21-11-10-18-23-14(2)15(3)25-18)22-12-16-8-6-7-9-17(16)13-24-4/h6-9H,5,10-13H2,1-4H3,(H2,20,21,22). The Balaban J connectivity index is 1.93. The van der Waals surface area contributed by atoms with Crippen LogP contribution in [0.1, 0.15) is 33.6 Å². The Kier molecular flexibility index (Phi) is 7.88. The molecule has 0 aliphatic rings. The highest BCUT2D eigenvalue weighted by molar-refractivity contribution is 7.11. The maximum Gasteiger partial charge on any atom is 0.191 e. The summed E-state index contributed by atoms with van der Waals surface area (Å²) in [4.78, 5) is 10.6. The molecule has 5 nitrogen and oxygen atoms in total. The molecule has 6 heteroatoms. The van der Waals surface area contributed by atoms with E-state index in [2.05, 4.69) is 48.5 Å². The number of ether oxygens (including phenoxy) is 1. The molecule has 0 atom stereocenters. The van der Waals surface area contributed by atoms with Crippen LogP contribution in [0.2, 0.25) is 0 Å². The van der Waals surface area contributed by atoms with Crippen LogP contribution in [0.4, 0.5) is 0 Å². The van der Waals surface area contributed by atoms with Gasteiger partial charge in [-0.2, -0.15) is 0 Å². The Labute approximate surface area is 154 Å². The van der Waals surface area contributed by atoms with Gasteiger partial charge in [-0.05, 0) is 31.9 Å². The Bertz CT molecular complexity index is 677. The van der Waals surface area contributed by atoms with E-state index in [0.717, 1.165) is 31.2 Å². The smallest absolute Gasteiger partial charge is 0.191 e. The van der Waals surface area contributed by atoms with E-state index in [1.165, 1.54) is 21.0 Å². The lowest BCUT2D eigenvalue weighted by atomic mass is 10.1. The molecule has 2 rings (SSSR count). The summed E-state index contributed by atoms with van der Waals surface area (Å²) >= 11 is 1.77. The van der Waals surface area contributed by atoms with Crippen molar-refractivity contribution in [3.05, 3.63) is 51.0 Å². The van der Waals surface area contributed by atoms with Gasteiger partial charge in [-0.3, -0.25) is 0 Å². The summed E-state index contributed by atoms with van der Waals surface area (Å²) in [6, 6.07) is 8.25. The quantitative estimate of drug-likeness (QED) is 0.561. The van der Waals surface area contributed by atoms with Crippen molar-refractivity contribution in [2.45, 2.75) is 40.3 Å². The number of methoxy groups -OCH3 is 1. The number of hydrogen-bond acceptors (Lipinski definition) is 4. The van der Waals surface area contributed by atoms with Gasteiger partial charge in [0.2, 0.25) is 0 Å². The van der Waals surface area contributed by atoms with E-state index in [1.54, 1.807) is 18.4 Å². The molecule has 0 radical (unpaired) electrons. The second kappa shape index (κ2) is 10.2. The van der Waals surface area contributed by atoms with E-state index in [-0.39, 0.29) is 0 Å². The monoisotopic (exact) mass is 360 g/mol. The second-order valence-electron chi connectivity index (χ2n) is 5.82. The molecule has 2 N–H and O–H groups in total. The van der Waals surface area contributed by atoms with Crippen LogP contribution in [0, 0.1) is 13.8 Å². The van der Waals surface area contributed by atoms with Crippen LogP contribution in [-0.4, -0.2) is 31.1 Å². The lowest BCUT2D eigenvalue weighted by molar-refractivity contribution is 0.184. The normalized spacial score (nSPS) is 11.6. The molecule has 0 fully saturated rings. The Morgan fingerprint density at radius 3 is 2.60 bits per heavy atom. The van der Waals surface area contributed by atoms with Crippen molar-refractivity contribution < 1.29 is 4.74 Å². The van der Waals surface area contributed by atoms with Crippen molar-refractivity contribution in [2.75, 3.05) is 20.2 Å². The third-order valence-electron chi connectivity index (χ3n) is 3.87. The van der Waals surface area contributed by atoms with Gasteiger partial charge < -0.3 is 15.4 Å². The minimum absolute atomic E-state index is 0.610. The summed E-state index contributed by atoms with van der Waals surface area (Å²) in [5, 5.41) is 7.86. The van der Waals surface area contributed by atoms with Crippen LogP contribution in [0.15, 0.2) is 29.3 Å². The highest BCUT2D eigenvalue weighted by atomic mass is 32.1. The SMILES string of the molecule is CCNC(=NCc1ccccc1COC)NCCc1nc(C)c(C)s1. The van der Waals surface area contributed by atoms with Crippen LogP contribution in [0.3, 0.4) is 0 Å². The van der Waals surface area contributed by atoms with Gasteiger partial charge in [0, 0.05) is 31.5 Å². The molecule has 136 valence electrons. The van der Waals surface area contributed by atoms with Gasteiger partial charge in [0.1, 0.15) is 0 Å². The zero-order valence-corrected chi connectivity index (χ0v) is 16.4. The number of guanidine groups is 1. The zero-order chi connectivity index (χ0) is 18.1. The first-order valence-corrected chi connectivity index (χ1v) is 9.46. The largest absolute Gasteiger partial charge is 0.380 e. The summed E-state index contributed by atoms with van der Waals surface area (Å²) < 4.78 is 5.26. The Morgan fingerprint density at radius 1 is 1.20 bits per heavy atom. The summed E-state index contributed by atoms with van der Waals surface area (Å²) in [7, 11) is 1.72. The molecule has 0 aliphatic heterocycles. The Morgan fingerprint density at radius 2 is 1.96 bits per heavy atom. The Hall–Kier alpha value is -1.92. The minimum Gasteiger partial charge on any atom is -0.380 e. The topological polar surface area (TPSA) is 58.5 Å². The number of aliphatic imine (C=N–C) groups is 1. The number of rotatable bonds is 8. The summed E-state index contributed by atoms with van der Waals surface area (Å²) in [6.45, 7) is 9.14. The lowest BCUT2D eigenvalue weighted by Crippen LogP contribution is -2.38. The number of hydrogen-bond donors (Lipinski definition) is 2. The second-order valence-corrected chi connectivity index (χ2v) is 7.11. The molecule has 0 saturated carbocycles. The average Bonchev–Trinajstić information content (AvgIpc) is 2.92. The lowest BCUT2D eigenvalue weighted by Gasteiger charge is -2.12. The molecule has 1 heterocycles. The van der Waals surface area contributed by atoms with Crippen molar-refractivity contribution >= 4 is 17.3 Å². The fraction of sp³-hybridized carbons (Fsp3) is 0.474. The molecule has 2 aromatic rings.